The number of aromatic nitrogens is 2. The zero-order valence-corrected chi connectivity index (χ0v) is 43.6. The van der Waals surface area contributed by atoms with Crippen LogP contribution in [-0.4, -0.2) is 69.2 Å². The van der Waals surface area contributed by atoms with Crippen molar-refractivity contribution in [1.29, 1.82) is 0 Å². The molecule has 0 unspecified atom stereocenters. The van der Waals surface area contributed by atoms with Crippen LogP contribution < -0.4 is 10.6 Å². The van der Waals surface area contributed by atoms with E-state index in [1.54, 1.807) is 27.7 Å². The van der Waals surface area contributed by atoms with Gasteiger partial charge < -0.3 is 29.2 Å². The standard InChI is InChI=1S/2C27H28F4N2O5/c2*1-8-26(6,13-38-25(37)14(2)3)12-20(34)23(35)21-15(4)22(33(7)16(21)5)24(36)32-17-9-10-19(28)18(11-17)27(29,30)31/h2*1,9-11,14H,12-13H2,2-7H3,(H,32,36)/t2*26-/m10/s1. The molecule has 14 nitrogen and oxygen atoms in total. The first-order chi connectivity index (χ1) is 34.9. The van der Waals surface area contributed by atoms with Crippen LogP contribution in [0, 0.1) is 86.7 Å². The Morgan fingerprint density at radius 2 is 0.882 bits per heavy atom. The maximum absolute atomic E-state index is 13.6. The van der Waals surface area contributed by atoms with Crippen LogP contribution in [0.2, 0.25) is 0 Å². The van der Waals surface area contributed by atoms with E-state index in [2.05, 4.69) is 22.5 Å². The fourth-order valence-electron chi connectivity index (χ4n) is 7.52. The second-order valence-electron chi connectivity index (χ2n) is 19.1. The van der Waals surface area contributed by atoms with E-state index in [0.717, 1.165) is 12.1 Å². The maximum atomic E-state index is 13.6. The van der Waals surface area contributed by atoms with Crippen LogP contribution in [-0.2, 0) is 55.1 Å². The zero-order chi connectivity index (χ0) is 58.3. The van der Waals surface area contributed by atoms with E-state index in [4.69, 9.17) is 22.3 Å². The summed E-state index contributed by atoms with van der Waals surface area (Å²) in [6.45, 7) is 14.8. The number of carbonyl (C=O) groups is 8. The van der Waals surface area contributed by atoms with Crippen LogP contribution >= 0.6 is 0 Å². The lowest BCUT2D eigenvalue weighted by molar-refractivity contribution is -0.150. The lowest BCUT2D eigenvalue weighted by Gasteiger charge is -2.22. The summed E-state index contributed by atoms with van der Waals surface area (Å²) in [5.41, 5.74) is -5.76. The van der Waals surface area contributed by atoms with Crippen LogP contribution in [0.4, 0.5) is 46.5 Å². The first kappa shape index (κ1) is 62.4. The number of Topliss-reactive ketones (excluding diaryl/α,β-unsaturated/α-hetero) is 4. The molecule has 2 heterocycles. The Kier molecular flexibility index (Phi) is 19.9. The third kappa shape index (κ3) is 14.7. The minimum Gasteiger partial charge on any atom is -0.464 e. The minimum atomic E-state index is -4.97. The number of nitrogens with one attached hydrogen (secondary N) is 2. The Morgan fingerprint density at radius 1 is 0.579 bits per heavy atom. The molecule has 0 spiro atoms. The van der Waals surface area contributed by atoms with Gasteiger partial charge in [-0.3, -0.25) is 38.4 Å². The molecule has 0 saturated heterocycles. The second-order valence-corrected chi connectivity index (χ2v) is 19.1. The van der Waals surface area contributed by atoms with Crippen molar-refractivity contribution in [2.75, 3.05) is 23.8 Å². The topological polar surface area (TPSA) is 189 Å². The molecule has 2 atom stereocenters. The number of ether oxygens (including phenoxy) is 2. The number of nitrogens with zero attached hydrogens (tertiary/aromatic N) is 2. The second kappa shape index (κ2) is 24.2. The molecule has 0 bridgehead atoms. The number of rotatable bonds is 18. The molecule has 2 N–H and O–H groups in total. The van der Waals surface area contributed by atoms with Crippen LogP contribution in [0.15, 0.2) is 36.4 Å². The fourth-order valence-corrected chi connectivity index (χ4v) is 7.52. The van der Waals surface area contributed by atoms with Gasteiger partial charge in [0.25, 0.3) is 11.8 Å². The molecule has 408 valence electrons. The van der Waals surface area contributed by atoms with E-state index >= 15 is 0 Å². The number of carbonyl (C=O) groups excluding carboxylic acids is 8. The molecule has 4 aromatic rings. The van der Waals surface area contributed by atoms with Crippen LogP contribution in [0.1, 0.15) is 130 Å². The van der Waals surface area contributed by atoms with E-state index in [9.17, 15) is 73.5 Å². The largest absolute Gasteiger partial charge is 0.464 e. The van der Waals surface area contributed by atoms with E-state index < -0.39 is 118 Å². The van der Waals surface area contributed by atoms with Gasteiger partial charge in [0.15, 0.2) is 0 Å². The number of esters is 2. The van der Waals surface area contributed by atoms with Crippen LogP contribution in [0.5, 0.6) is 0 Å². The molecule has 22 heteroatoms. The number of halogens is 8. The van der Waals surface area contributed by atoms with Crippen molar-refractivity contribution in [1.82, 2.24) is 9.13 Å². The Balaban J connectivity index is 0.000000400. The predicted octanol–water partition coefficient (Wildman–Crippen LogP) is 10.1. The van der Waals surface area contributed by atoms with Crippen molar-refractivity contribution >= 4 is 58.3 Å². The van der Waals surface area contributed by atoms with Gasteiger partial charge in [0.05, 0.1) is 44.9 Å². The highest BCUT2D eigenvalue weighted by molar-refractivity contribution is 6.45. The van der Waals surface area contributed by atoms with Gasteiger partial charge in [-0.2, -0.15) is 26.3 Å². The monoisotopic (exact) mass is 1070 g/mol. The summed E-state index contributed by atoms with van der Waals surface area (Å²) >= 11 is 0. The average Bonchev–Trinajstić information content (AvgIpc) is 3.69. The molecular formula is C54H56F8N4O10. The van der Waals surface area contributed by atoms with E-state index in [0.29, 0.717) is 24.3 Å². The highest BCUT2D eigenvalue weighted by Gasteiger charge is 2.38. The molecule has 0 aliphatic carbocycles. The molecule has 2 aromatic carbocycles. The first-order valence-electron chi connectivity index (χ1n) is 23.0. The van der Waals surface area contributed by atoms with Gasteiger partial charge in [-0.25, -0.2) is 8.78 Å². The first-order valence-corrected chi connectivity index (χ1v) is 23.0. The molecule has 0 saturated carbocycles. The summed E-state index contributed by atoms with van der Waals surface area (Å²) in [5.74, 6) is -5.38. The Hall–Kier alpha value is -7.88. The summed E-state index contributed by atoms with van der Waals surface area (Å²) in [6, 6.07) is 4.01. The Bertz CT molecular complexity index is 2870. The third-order valence-corrected chi connectivity index (χ3v) is 12.1. The van der Waals surface area contributed by atoms with Crippen molar-refractivity contribution in [2.24, 2.45) is 36.8 Å². The number of terminal acetylenes is 2. The van der Waals surface area contributed by atoms with Crippen LogP contribution in [0.3, 0.4) is 0 Å². The number of amides is 2. The summed E-state index contributed by atoms with van der Waals surface area (Å²) in [6.07, 6.45) is 0.294. The normalized spacial score (nSPS) is 13.0. The Morgan fingerprint density at radius 3 is 1.14 bits per heavy atom. The molecule has 0 radical (unpaired) electrons. The number of hydrogen-bond donors (Lipinski definition) is 2. The summed E-state index contributed by atoms with van der Waals surface area (Å²) < 4.78 is 118. The molecule has 0 aliphatic rings. The molecule has 2 aromatic heterocycles. The lowest BCUT2D eigenvalue weighted by Crippen LogP contribution is -2.30. The van der Waals surface area contributed by atoms with Crippen molar-refractivity contribution in [2.45, 2.75) is 94.4 Å². The maximum Gasteiger partial charge on any atom is 0.419 e. The van der Waals surface area contributed by atoms with E-state index in [1.807, 2.05) is 0 Å². The van der Waals surface area contributed by atoms with Crippen LogP contribution in [0.25, 0.3) is 0 Å². The van der Waals surface area contributed by atoms with Crippen molar-refractivity contribution in [3.05, 3.63) is 104 Å². The molecule has 0 fully saturated rings. The number of alkyl halides is 6. The SMILES string of the molecule is C#C[C@@](C)(COC(=O)C(C)C)CC(=O)C(=O)c1c(C)c(C(=O)Nc2ccc(F)c(C(F)(F)F)c2)n(C)c1C.C#C[C@](C)(COC(=O)C(C)C)CC(=O)C(=O)c1c(C)c(C(=O)Nc2ccc(F)c(C(F)(F)F)c2)n(C)c1C. The molecule has 4 rings (SSSR count). The number of benzene rings is 2. The van der Waals surface area contributed by atoms with Crippen molar-refractivity contribution in [3.63, 3.8) is 0 Å². The number of anilines is 2. The number of ketones is 4. The van der Waals surface area contributed by atoms with Gasteiger partial charge in [-0.05, 0) is 89.1 Å². The summed E-state index contributed by atoms with van der Waals surface area (Å²) in [4.78, 5) is 102. The minimum absolute atomic E-state index is 0.0590. The third-order valence-electron chi connectivity index (χ3n) is 12.1. The number of hydrogen-bond acceptors (Lipinski definition) is 10. The highest BCUT2D eigenvalue weighted by Crippen LogP contribution is 2.36. The van der Waals surface area contributed by atoms with Crippen molar-refractivity contribution in [3.8, 4) is 24.7 Å². The lowest BCUT2D eigenvalue weighted by atomic mass is 9.84. The molecule has 0 aliphatic heterocycles. The fraction of sp³-hybridized carbons (Fsp3) is 0.407. The van der Waals surface area contributed by atoms with Gasteiger partial charge in [-0.1, -0.05) is 39.5 Å². The quantitative estimate of drug-likeness (QED) is 0.0319. The van der Waals surface area contributed by atoms with Crippen molar-refractivity contribution < 1.29 is 83.0 Å². The van der Waals surface area contributed by atoms with Gasteiger partial charge in [0.1, 0.15) is 36.2 Å². The smallest absolute Gasteiger partial charge is 0.419 e. The summed E-state index contributed by atoms with van der Waals surface area (Å²) in [5, 5.41) is 4.55. The average molecular weight is 1070 g/mol. The highest BCUT2D eigenvalue weighted by atomic mass is 19.4. The van der Waals surface area contributed by atoms with Gasteiger partial charge in [0.2, 0.25) is 23.1 Å². The molecular weight excluding hydrogens is 1020 g/mol. The summed E-state index contributed by atoms with van der Waals surface area (Å²) in [7, 11) is 2.89. The Labute approximate surface area is 433 Å². The van der Waals surface area contributed by atoms with Gasteiger partial charge in [0, 0.05) is 49.7 Å². The van der Waals surface area contributed by atoms with Gasteiger partial charge in [-0.15, -0.1) is 12.8 Å². The van der Waals surface area contributed by atoms with E-state index in [-0.39, 0.29) is 69.6 Å². The molecule has 2 amide bonds. The van der Waals surface area contributed by atoms with E-state index in [1.165, 1.54) is 64.8 Å². The molecule has 76 heavy (non-hydrogen) atoms. The predicted molar refractivity (Wildman–Crippen MR) is 262 cm³/mol. The van der Waals surface area contributed by atoms with Gasteiger partial charge >= 0.3 is 24.3 Å². The zero-order valence-electron chi connectivity index (χ0n) is 43.6.